The molecule has 5 nitrogen and oxygen atoms in total. The zero-order chi connectivity index (χ0) is 16.4. The molecular weight excluding hydrogens is 292 g/mol. The van der Waals surface area contributed by atoms with Crippen LogP contribution in [0.3, 0.4) is 0 Å². The van der Waals surface area contributed by atoms with Gasteiger partial charge in [0.2, 0.25) is 5.91 Å². The largest absolute Gasteiger partial charge is 0.480 e. The number of carboxylic acid groups (broad SMARTS) is 1. The van der Waals surface area contributed by atoms with Crippen LogP contribution >= 0.6 is 0 Å². The van der Waals surface area contributed by atoms with Gasteiger partial charge in [-0.3, -0.25) is 4.79 Å². The topological polar surface area (TPSA) is 73.4 Å². The van der Waals surface area contributed by atoms with Crippen LogP contribution in [0, 0.1) is 0 Å². The van der Waals surface area contributed by atoms with E-state index in [9.17, 15) is 14.7 Å². The Morgan fingerprint density at radius 1 is 1.35 bits per heavy atom. The van der Waals surface area contributed by atoms with Crippen LogP contribution in [0.25, 0.3) is 10.9 Å². The minimum absolute atomic E-state index is 0.0489. The Morgan fingerprint density at radius 2 is 2.13 bits per heavy atom. The number of H-pyrrole nitrogens is 1. The lowest BCUT2D eigenvalue weighted by Gasteiger charge is -2.31. The molecule has 1 fully saturated rings. The fourth-order valence-corrected chi connectivity index (χ4v) is 3.49. The van der Waals surface area contributed by atoms with Crippen LogP contribution in [0.5, 0.6) is 0 Å². The molecule has 1 saturated heterocycles. The molecule has 1 aliphatic heterocycles. The van der Waals surface area contributed by atoms with E-state index >= 15 is 0 Å². The molecule has 0 spiro atoms. The number of para-hydroxylation sites is 1. The number of nitrogens with zero attached hydrogens (tertiary/aromatic N) is 1. The average molecular weight is 314 g/mol. The third kappa shape index (κ3) is 2.83. The van der Waals surface area contributed by atoms with Crippen molar-refractivity contribution in [2.75, 3.05) is 6.54 Å². The minimum Gasteiger partial charge on any atom is -0.480 e. The van der Waals surface area contributed by atoms with Gasteiger partial charge in [0, 0.05) is 30.1 Å². The SMILES string of the molecule is CC1(C(=O)O)CCCN1C(=O)CCCc1c[nH]c2ccccc12. The minimum atomic E-state index is -1.03. The molecule has 1 atom stereocenters. The zero-order valence-electron chi connectivity index (χ0n) is 13.3. The van der Waals surface area contributed by atoms with Crippen LogP contribution in [0.2, 0.25) is 0 Å². The standard InChI is InChI=1S/C18H22N2O3/c1-18(17(22)23)10-5-11-20(18)16(21)9-4-6-13-12-19-15-8-3-2-7-14(13)15/h2-3,7-8,12,19H,4-6,9-11H2,1H3,(H,22,23). The van der Waals surface area contributed by atoms with Crippen molar-refractivity contribution in [2.45, 2.75) is 44.6 Å². The summed E-state index contributed by atoms with van der Waals surface area (Å²) in [7, 11) is 0. The molecule has 2 heterocycles. The van der Waals surface area contributed by atoms with E-state index in [1.54, 1.807) is 11.8 Å². The lowest BCUT2D eigenvalue weighted by molar-refractivity contribution is -0.155. The normalized spacial score (nSPS) is 21.0. The highest BCUT2D eigenvalue weighted by Gasteiger charge is 2.45. The maximum Gasteiger partial charge on any atom is 0.329 e. The number of aromatic amines is 1. The number of carbonyl (C=O) groups is 2. The van der Waals surface area contributed by atoms with Crippen molar-refractivity contribution in [3.8, 4) is 0 Å². The zero-order valence-corrected chi connectivity index (χ0v) is 13.3. The van der Waals surface area contributed by atoms with Crippen LogP contribution in [0.1, 0.15) is 38.2 Å². The highest BCUT2D eigenvalue weighted by Crippen LogP contribution is 2.30. The summed E-state index contributed by atoms with van der Waals surface area (Å²) in [5, 5.41) is 10.6. The molecule has 1 amide bonds. The van der Waals surface area contributed by atoms with Crippen molar-refractivity contribution in [2.24, 2.45) is 0 Å². The summed E-state index contributed by atoms with van der Waals surface area (Å²) in [6.45, 7) is 2.20. The fraction of sp³-hybridized carbons (Fsp3) is 0.444. The van der Waals surface area contributed by atoms with Gasteiger partial charge < -0.3 is 15.0 Å². The maximum atomic E-state index is 12.4. The van der Waals surface area contributed by atoms with Gasteiger partial charge in [-0.15, -0.1) is 0 Å². The Hall–Kier alpha value is -2.30. The second kappa shape index (κ2) is 6.07. The number of hydrogen-bond donors (Lipinski definition) is 2. The van der Waals surface area contributed by atoms with Gasteiger partial charge in [-0.2, -0.15) is 0 Å². The lowest BCUT2D eigenvalue weighted by Crippen LogP contribution is -2.50. The van der Waals surface area contributed by atoms with Gasteiger partial charge in [-0.05, 0) is 44.2 Å². The Bertz CT molecular complexity index is 737. The summed E-state index contributed by atoms with van der Waals surface area (Å²) in [5.74, 6) is -0.952. The number of fused-ring (bicyclic) bond motifs is 1. The Morgan fingerprint density at radius 3 is 2.91 bits per heavy atom. The molecule has 0 saturated carbocycles. The summed E-state index contributed by atoms with van der Waals surface area (Å²) in [6.07, 6.45) is 5.22. The summed E-state index contributed by atoms with van der Waals surface area (Å²) < 4.78 is 0. The first kappa shape index (κ1) is 15.6. The summed E-state index contributed by atoms with van der Waals surface area (Å²) in [5.41, 5.74) is 1.28. The molecule has 2 N–H and O–H groups in total. The first-order chi connectivity index (χ1) is 11.0. The fourth-order valence-electron chi connectivity index (χ4n) is 3.49. The number of nitrogens with one attached hydrogen (secondary N) is 1. The molecule has 122 valence electrons. The number of amides is 1. The second-order valence-electron chi connectivity index (χ2n) is 6.44. The Labute approximate surface area is 135 Å². The van der Waals surface area contributed by atoms with E-state index in [4.69, 9.17) is 0 Å². The van der Waals surface area contributed by atoms with Gasteiger partial charge in [0.25, 0.3) is 0 Å². The smallest absolute Gasteiger partial charge is 0.329 e. The molecule has 5 heteroatoms. The molecule has 0 radical (unpaired) electrons. The van der Waals surface area contributed by atoms with Gasteiger partial charge in [0.1, 0.15) is 5.54 Å². The van der Waals surface area contributed by atoms with Gasteiger partial charge >= 0.3 is 5.97 Å². The van der Waals surface area contributed by atoms with E-state index in [2.05, 4.69) is 11.1 Å². The summed E-state index contributed by atoms with van der Waals surface area (Å²) in [6, 6.07) is 8.11. The number of carboxylic acids is 1. The number of aromatic nitrogens is 1. The number of hydrogen-bond acceptors (Lipinski definition) is 2. The van der Waals surface area contributed by atoms with Crippen molar-refractivity contribution in [1.29, 1.82) is 0 Å². The third-order valence-corrected chi connectivity index (χ3v) is 4.91. The lowest BCUT2D eigenvalue weighted by atomic mass is 9.98. The van der Waals surface area contributed by atoms with Crippen molar-refractivity contribution in [1.82, 2.24) is 9.88 Å². The Kier molecular flexibility index (Phi) is 4.11. The van der Waals surface area contributed by atoms with E-state index in [1.807, 2.05) is 24.4 Å². The Balaban J connectivity index is 1.60. The number of rotatable bonds is 5. The maximum absolute atomic E-state index is 12.4. The van der Waals surface area contributed by atoms with E-state index in [0.29, 0.717) is 19.4 Å². The third-order valence-electron chi connectivity index (χ3n) is 4.91. The van der Waals surface area contributed by atoms with Crippen molar-refractivity contribution < 1.29 is 14.7 Å². The molecule has 1 unspecified atom stereocenters. The molecule has 2 aromatic rings. The molecule has 1 aliphatic rings. The average Bonchev–Trinajstić information content (AvgIpc) is 3.12. The first-order valence-corrected chi connectivity index (χ1v) is 8.11. The van der Waals surface area contributed by atoms with Gasteiger partial charge in [0.15, 0.2) is 0 Å². The van der Waals surface area contributed by atoms with Crippen molar-refractivity contribution >= 4 is 22.8 Å². The summed E-state index contributed by atoms with van der Waals surface area (Å²) >= 11 is 0. The molecule has 3 rings (SSSR count). The van der Waals surface area contributed by atoms with Crippen LogP contribution in [0.15, 0.2) is 30.5 Å². The molecule has 23 heavy (non-hydrogen) atoms. The highest BCUT2D eigenvalue weighted by atomic mass is 16.4. The van der Waals surface area contributed by atoms with E-state index in [-0.39, 0.29) is 5.91 Å². The predicted octanol–water partition coefficient (Wildman–Crippen LogP) is 2.96. The van der Waals surface area contributed by atoms with Gasteiger partial charge in [-0.1, -0.05) is 18.2 Å². The quantitative estimate of drug-likeness (QED) is 0.891. The molecular formula is C18H22N2O3. The summed E-state index contributed by atoms with van der Waals surface area (Å²) in [4.78, 5) is 28.6. The van der Waals surface area contributed by atoms with E-state index in [1.165, 1.54) is 10.9 Å². The van der Waals surface area contributed by atoms with Crippen LogP contribution in [-0.4, -0.2) is 39.0 Å². The van der Waals surface area contributed by atoms with Crippen LogP contribution in [-0.2, 0) is 16.0 Å². The van der Waals surface area contributed by atoms with Crippen molar-refractivity contribution in [3.05, 3.63) is 36.0 Å². The van der Waals surface area contributed by atoms with Crippen LogP contribution < -0.4 is 0 Å². The molecule has 0 aliphatic carbocycles. The second-order valence-corrected chi connectivity index (χ2v) is 6.44. The van der Waals surface area contributed by atoms with Crippen LogP contribution in [0.4, 0.5) is 0 Å². The number of likely N-dealkylation sites (tertiary alicyclic amines) is 1. The number of aryl methyl sites for hydroxylation is 1. The van der Waals surface area contributed by atoms with Crippen molar-refractivity contribution in [3.63, 3.8) is 0 Å². The molecule has 0 bridgehead atoms. The van der Waals surface area contributed by atoms with Gasteiger partial charge in [0.05, 0.1) is 0 Å². The number of aliphatic carboxylic acids is 1. The first-order valence-electron chi connectivity index (χ1n) is 8.11. The molecule has 1 aromatic heterocycles. The van der Waals surface area contributed by atoms with Gasteiger partial charge in [-0.25, -0.2) is 4.79 Å². The van der Waals surface area contributed by atoms with E-state index in [0.717, 1.165) is 24.8 Å². The van der Waals surface area contributed by atoms with E-state index < -0.39 is 11.5 Å². The number of carbonyl (C=O) groups excluding carboxylic acids is 1. The number of benzene rings is 1. The highest BCUT2D eigenvalue weighted by molar-refractivity contribution is 5.87. The predicted molar refractivity (Wildman–Crippen MR) is 88.2 cm³/mol. The monoisotopic (exact) mass is 314 g/mol. The molecule has 1 aromatic carbocycles.